The predicted octanol–water partition coefficient (Wildman–Crippen LogP) is 2.54. The first-order chi connectivity index (χ1) is 7.69. The highest BCUT2D eigenvalue weighted by molar-refractivity contribution is 7.98. The molecular weight excluding hydrogens is 248 g/mol. The van der Waals surface area contributed by atoms with E-state index in [9.17, 15) is 4.79 Å². The van der Waals surface area contributed by atoms with E-state index in [0.29, 0.717) is 23.0 Å². The molecule has 0 radical (unpaired) electrons. The van der Waals surface area contributed by atoms with Gasteiger partial charge in [0.1, 0.15) is 0 Å². The number of alkyl halides is 1. The molecule has 0 saturated carbocycles. The molecule has 0 saturated heterocycles. The van der Waals surface area contributed by atoms with Crippen LogP contribution in [0.5, 0.6) is 0 Å². The standard InChI is InChI=1S/C10H11ClN2O2S/c1-16-10-12-6-7(4-2-3-5-11)8(13-10)9(14)15/h2,4,6H,3,5H2,1H3,(H,14,15). The fourth-order valence-electron chi connectivity index (χ4n) is 1.04. The molecule has 1 N–H and O–H groups in total. The Morgan fingerprint density at radius 1 is 1.69 bits per heavy atom. The molecule has 0 spiro atoms. The third kappa shape index (κ3) is 3.50. The van der Waals surface area contributed by atoms with Gasteiger partial charge in [-0.15, -0.1) is 11.6 Å². The lowest BCUT2D eigenvalue weighted by molar-refractivity contribution is 0.0689. The highest BCUT2D eigenvalue weighted by Gasteiger charge is 2.11. The summed E-state index contributed by atoms with van der Waals surface area (Å²) in [6, 6.07) is 0. The Morgan fingerprint density at radius 2 is 2.44 bits per heavy atom. The average molecular weight is 259 g/mol. The number of thioether (sulfide) groups is 1. The molecule has 1 heterocycles. The maximum atomic E-state index is 11.0. The van der Waals surface area contributed by atoms with Gasteiger partial charge in [0, 0.05) is 17.6 Å². The van der Waals surface area contributed by atoms with Gasteiger partial charge >= 0.3 is 5.97 Å². The van der Waals surface area contributed by atoms with Gasteiger partial charge in [-0.3, -0.25) is 0 Å². The minimum absolute atomic E-state index is 0.0187. The summed E-state index contributed by atoms with van der Waals surface area (Å²) in [5.41, 5.74) is 0.514. The summed E-state index contributed by atoms with van der Waals surface area (Å²) >= 11 is 6.82. The zero-order chi connectivity index (χ0) is 12.0. The summed E-state index contributed by atoms with van der Waals surface area (Å²) in [5.74, 6) is -0.550. The van der Waals surface area contributed by atoms with Crippen molar-refractivity contribution in [2.75, 3.05) is 12.1 Å². The van der Waals surface area contributed by atoms with Crippen LogP contribution in [-0.2, 0) is 0 Å². The molecule has 0 aliphatic carbocycles. The number of carboxylic acid groups (broad SMARTS) is 1. The van der Waals surface area contributed by atoms with Gasteiger partial charge < -0.3 is 5.11 Å². The van der Waals surface area contributed by atoms with Crippen LogP contribution in [0.4, 0.5) is 0 Å². The third-order valence-electron chi connectivity index (χ3n) is 1.75. The van der Waals surface area contributed by atoms with E-state index in [0.717, 1.165) is 0 Å². The molecule has 0 unspecified atom stereocenters. The van der Waals surface area contributed by atoms with Crippen molar-refractivity contribution >= 4 is 35.4 Å². The van der Waals surface area contributed by atoms with Crippen molar-refractivity contribution in [2.24, 2.45) is 0 Å². The maximum absolute atomic E-state index is 11.0. The Bertz CT molecular complexity index is 410. The van der Waals surface area contributed by atoms with E-state index in [-0.39, 0.29) is 5.69 Å². The normalized spacial score (nSPS) is 10.9. The second kappa shape index (κ2) is 6.50. The van der Waals surface area contributed by atoms with Crippen LogP contribution >= 0.6 is 23.4 Å². The Hall–Kier alpha value is -1.07. The van der Waals surface area contributed by atoms with Crippen LogP contribution in [0.25, 0.3) is 6.08 Å². The molecule has 4 nitrogen and oxygen atoms in total. The molecule has 1 aromatic rings. The van der Waals surface area contributed by atoms with Crippen LogP contribution < -0.4 is 0 Å². The van der Waals surface area contributed by atoms with Crippen LogP contribution in [0.3, 0.4) is 0 Å². The number of aromatic nitrogens is 2. The maximum Gasteiger partial charge on any atom is 0.355 e. The summed E-state index contributed by atoms with van der Waals surface area (Å²) in [6.45, 7) is 0. The van der Waals surface area contributed by atoms with Gasteiger partial charge in [-0.2, -0.15) is 0 Å². The van der Waals surface area contributed by atoms with Gasteiger partial charge in [-0.25, -0.2) is 14.8 Å². The molecule has 0 aliphatic rings. The van der Waals surface area contributed by atoms with Crippen LogP contribution in [-0.4, -0.2) is 33.2 Å². The van der Waals surface area contributed by atoms with Crippen molar-refractivity contribution in [3.8, 4) is 0 Å². The van der Waals surface area contributed by atoms with Crippen LogP contribution in [0.15, 0.2) is 17.4 Å². The Balaban J connectivity index is 3.03. The Kier molecular flexibility index (Phi) is 5.28. The van der Waals surface area contributed by atoms with Gasteiger partial charge in [0.2, 0.25) is 0 Å². The summed E-state index contributed by atoms with van der Waals surface area (Å²) < 4.78 is 0. The van der Waals surface area contributed by atoms with E-state index in [1.807, 2.05) is 0 Å². The molecule has 1 aromatic heterocycles. The van der Waals surface area contributed by atoms with E-state index in [4.69, 9.17) is 16.7 Å². The topological polar surface area (TPSA) is 63.1 Å². The smallest absolute Gasteiger partial charge is 0.355 e. The molecular formula is C10H11ClN2O2S. The van der Waals surface area contributed by atoms with Crippen molar-refractivity contribution in [1.29, 1.82) is 0 Å². The first-order valence-corrected chi connectivity index (χ1v) is 6.31. The van der Waals surface area contributed by atoms with E-state index >= 15 is 0 Å². The molecule has 0 bridgehead atoms. The van der Waals surface area contributed by atoms with Crippen molar-refractivity contribution in [3.05, 3.63) is 23.5 Å². The number of allylic oxidation sites excluding steroid dienone is 1. The summed E-state index contributed by atoms with van der Waals surface area (Å²) in [7, 11) is 0. The first-order valence-electron chi connectivity index (χ1n) is 4.56. The van der Waals surface area contributed by atoms with Gasteiger partial charge in [0.05, 0.1) is 0 Å². The van der Waals surface area contributed by atoms with E-state index in [1.54, 1.807) is 18.4 Å². The van der Waals surface area contributed by atoms with E-state index < -0.39 is 5.97 Å². The molecule has 1 rings (SSSR count). The molecule has 0 amide bonds. The molecule has 6 heteroatoms. The van der Waals surface area contributed by atoms with Gasteiger partial charge in [0.15, 0.2) is 10.9 Å². The van der Waals surface area contributed by atoms with Crippen molar-refractivity contribution in [2.45, 2.75) is 11.6 Å². The molecule has 0 fully saturated rings. The highest BCUT2D eigenvalue weighted by atomic mass is 35.5. The lowest BCUT2D eigenvalue weighted by Gasteiger charge is -2.01. The molecule has 86 valence electrons. The largest absolute Gasteiger partial charge is 0.476 e. The zero-order valence-electron chi connectivity index (χ0n) is 8.68. The SMILES string of the molecule is CSc1ncc(C=CCCCl)c(C(=O)O)n1. The van der Waals surface area contributed by atoms with E-state index in [1.165, 1.54) is 18.0 Å². The highest BCUT2D eigenvalue weighted by Crippen LogP contribution is 2.13. The van der Waals surface area contributed by atoms with Crippen molar-refractivity contribution < 1.29 is 9.90 Å². The summed E-state index contributed by atoms with van der Waals surface area (Å²) in [6.07, 6.45) is 7.47. The number of halogens is 1. The van der Waals surface area contributed by atoms with Crippen molar-refractivity contribution in [1.82, 2.24) is 9.97 Å². The molecule has 0 atom stereocenters. The summed E-state index contributed by atoms with van der Waals surface area (Å²) in [4.78, 5) is 18.9. The third-order valence-corrected chi connectivity index (χ3v) is 2.53. The lowest BCUT2D eigenvalue weighted by atomic mass is 10.2. The Morgan fingerprint density at radius 3 is 3.00 bits per heavy atom. The number of hydrogen-bond donors (Lipinski definition) is 1. The molecule has 0 aromatic carbocycles. The molecule has 16 heavy (non-hydrogen) atoms. The second-order valence-corrected chi connectivity index (χ2v) is 4.00. The minimum atomic E-state index is -1.05. The summed E-state index contributed by atoms with van der Waals surface area (Å²) in [5, 5.41) is 9.43. The number of carbonyl (C=O) groups is 1. The number of aromatic carboxylic acids is 1. The number of rotatable bonds is 5. The minimum Gasteiger partial charge on any atom is -0.476 e. The fourth-order valence-corrected chi connectivity index (χ4v) is 1.51. The van der Waals surface area contributed by atoms with Gasteiger partial charge in [-0.1, -0.05) is 23.9 Å². The quantitative estimate of drug-likeness (QED) is 0.500. The lowest BCUT2D eigenvalue weighted by Crippen LogP contribution is -2.05. The van der Waals surface area contributed by atoms with E-state index in [2.05, 4.69) is 9.97 Å². The first kappa shape index (κ1) is 13.0. The fraction of sp³-hybridized carbons (Fsp3) is 0.300. The molecule has 0 aliphatic heterocycles. The van der Waals surface area contributed by atoms with Crippen LogP contribution in [0.1, 0.15) is 22.5 Å². The van der Waals surface area contributed by atoms with Crippen LogP contribution in [0, 0.1) is 0 Å². The van der Waals surface area contributed by atoms with Crippen molar-refractivity contribution in [3.63, 3.8) is 0 Å². The number of carboxylic acids is 1. The van der Waals surface area contributed by atoms with Gasteiger partial charge in [0.25, 0.3) is 0 Å². The predicted molar refractivity (Wildman–Crippen MR) is 65.1 cm³/mol. The average Bonchev–Trinajstić information content (AvgIpc) is 2.29. The Labute approximate surface area is 103 Å². The van der Waals surface area contributed by atoms with Gasteiger partial charge in [-0.05, 0) is 12.7 Å². The number of hydrogen-bond acceptors (Lipinski definition) is 4. The number of nitrogens with zero attached hydrogens (tertiary/aromatic N) is 2. The van der Waals surface area contributed by atoms with Crippen LogP contribution in [0.2, 0.25) is 0 Å². The zero-order valence-corrected chi connectivity index (χ0v) is 10.3. The monoisotopic (exact) mass is 258 g/mol. The second-order valence-electron chi connectivity index (χ2n) is 2.85.